The topological polar surface area (TPSA) is 51.2 Å². The first-order chi connectivity index (χ1) is 8.31. The van der Waals surface area contributed by atoms with E-state index in [2.05, 4.69) is 10.3 Å². The van der Waals surface area contributed by atoms with E-state index >= 15 is 0 Å². The van der Waals surface area contributed by atoms with Crippen molar-refractivity contribution in [1.82, 2.24) is 4.98 Å². The molecule has 1 N–H and O–H groups in total. The van der Waals surface area contributed by atoms with Crippen LogP contribution >= 0.6 is 11.3 Å². The summed E-state index contributed by atoms with van der Waals surface area (Å²) in [4.78, 5) is 16.5. The molecule has 0 aliphatic heterocycles. The lowest BCUT2D eigenvalue weighted by Crippen LogP contribution is -2.21. The summed E-state index contributed by atoms with van der Waals surface area (Å²) in [7, 11) is 1.38. The van der Waals surface area contributed by atoms with Crippen LogP contribution in [0.4, 0.5) is 5.69 Å². The van der Waals surface area contributed by atoms with Crippen LogP contribution in [0.2, 0.25) is 0 Å². The number of hydrogen-bond donors (Lipinski definition) is 1. The molecule has 1 heterocycles. The second-order valence-electron chi connectivity index (χ2n) is 3.37. The van der Waals surface area contributed by atoms with Gasteiger partial charge in [0.25, 0.3) is 0 Å². The predicted octanol–water partition coefficient (Wildman–Crippen LogP) is 2.47. The summed E-state index contributed by atoms with van der Waals surface area (Å²) >= 11 is 1.42. The fourth-order valence-corrected chi connectivity index (χ4v) is 2.09. The summed E-state index contributed by atoms with van der Waals surface area (Å²) in [6, 6.07) is 9.03. The zero-order valence-corrected chi connectivity index (χ0v) is 10.1. The van der Waals surface area contributed by atoms with Crippen molar-refractivity contribution in [1.29, 1.82) is 0 Å². The van der Waals surface area contributed by atoms with Gasteiger partial charge in [-0.25, -0.2) is 4.79 Å². The number of para-hydroxylation sites is 1. The Labute approximate surface area is 103 Å². The molecule has 17 heavy (non-hydrogen) atoms. The first-order valence-electron chi connectivity index (χ1n) is 5.09. The number of carbonyl (C=O) groups is 1. The number of ether oxygens (including phenoxy) is 1. The molecule has 0 aliphatic rings. The lowest BCUT2D eigenvalue weighted by molar-refractivity contribution is -0.141. The molecule has 2 aromatic rings. The van der Waals surface area contributed by atoms with Crippen molar-refractivity contribution >= 4 is 23.0 Å². The highest BCUT2D eigenvalue weighted by molar-refractivity contribution is 7.09. The molecule has 0 radical (unpaired) electrons. The predicted molar refractivity (Wildman–Crippen MR) is 66.9 cm³/mol. The van der Waals surface area contributed by atoms with E-state index in [1.807, 2.05) is 30.3 Å². The minimum Gasteiger partial charge on any atom is -0.467 e. The third kappa shape index (κ3) is 2.82. The number of carbonyl (C=O) groups excluding carboxylic acids is 1. The third-order valence-electron chi connectivity index (χ3n) is 2.26. The third-order valence-corrected chi connectivity index (χ3v) is 3.10. The van der Waals surface area contributed by atoms with E-state index < -0.39 is 6.04 Å². The van der Waals surface area contributed by atoms with Crippen molar-refractivity contribution in [3.05, 3.63) is 46.9 Å². The Balaban J connectivity index is 2.20. The van der Waals surface area contributed by atoms with Gasteiger partial charge < -0.3 is 10.1 Å². The molecule has 0 bridgehead atoms. The van der Waals surface area contributed by atoms with Crippen molar-refractivity contribution in [3.63, 3.8) is 0 Å². The van der Waals surface area contributed by atoms with E-state index in [-0.39, 0.29) is 5.97 Å². The van der Waals surface area contributed by atoms with E-state index in [9.17, 15) is 4.79 Å². The van der Waals surface area contributed by atoms with Crippen LogP contribution in [0.25, 0.3) is 0 Å². The van der Waals surface area contributed by atoms with E-state index in [1.165, 1.54) is 18.4 Å². The Bertz CT molecular complexity index is 471. The van der Waals surface area contributed by atoms with E-state index in [4.69, 9.17) is 4.74 Å². The van der Waals surface area contributed by atoms with Crippen LogP contribution in [0.1, 0.15) is 10.9 Å². The molecule has 1 aromatic carbocycles. The molecule has 1 unspecified atom stereocenters. The maximum atomic E-state index is 11.7. The molecule has 0 amide bonds. The van der Waals surface area contributed by atoms with Crippen molar-refractivity contribution in [3.8, 4) is 0 Å². The van der Waals surface area contributed by atoms with Crippen LogP contribution in [-0.2, 0) is 9.53 Å². The minimum absolute atomic E-state index is 0.321. The van der Waals surface area contributed by atoms with E-state index in [1.54, 1.807) is 11.7 Å². The number of rotatable bonds is 4. The summed E-state index contributed by atoms with van der Waals surface area (Å²) in [5, 5.41) is 3.13. The van der Waals surface area contributed by atoms with Crippen LogP contribution in [0.3, 0.4) is 0 Å². The average Bonchev–Trinajstić information content (AvgIpc) is 2.90. The number of benzene rings is 1. The maximum Gasteiger partial charge on any atom is 0.333 e. The van der Waals surface area contributed by atoms with Gasteiger partial charge in [0.05, 0.1) is 17.5 Å². The normalized spacial score (nSPS) is 11.8. The van der Waals surface area contributed by atoms with E-state index in [0.29, 0.717) is 0 Å². The monoisotopic (exact) mass is 248 g/mol. The van der Waals surface area contributed by atoms with Gasteiger partial charge >= 0.3 is 5.97 Å². The number of methoxy groups -OCH3 is 1. The van der Waals surface area contributed by atoms with Crippen molar-refractivity contribution in [2.75, 3.05) is 12.4 Å². The lowest BCUT2D eigenvalue weighted by atomic mass is 10.2. The standard InChI is InChI=1S/C12H12N2O2S/c1-16-12(15)11(10-7-13-8-17-10)14-9-5-3-2-4-6-9/h2-8,11,14H,1H3. The number of nitrogens with one attached hydrogen (secondary N) is 1. The van der Waals surface area contributed by atoms with Crippen LogP contribution in [-0.4, -0.2) is 18.1 Å². The largest absolute Gasteiger partial charge is 0.467 e. The zero-order valence-electron chi connectivity index (χ0n) is 9.29. The van der Waals surface area contributed by atoms with Gasteiger partial charge in [-0.15, -0.1) is 11.3 Å². The Kier molecular flexibility index (Phi) is 3.72. The second-order valence-corrected chi connectivity index (χ2v) is 4.29. The zero-order chi connectivity index (χ0) is 12.1. The Morgan fingerprint density at radius 2 is 2.18 bits per heavy atom. The van der Waals surface area contributed by atoms with Crippen LogP contribution in [0.5, 0.6) is 0 Å². The van der Waals surface area contributed by atoms with Gasteiger partial charge in [0.1, 0.15) is 0 Å². The number of anilines is 1. The van der Waals surface area contributed by atoms with Crippen molar-refractivity contribution in [2.24, 2.45) is 0 Å². The number of hydrogen-bond acceptors (Lipinski definition) is 5. The second kappa shape index (κ2) is 5.45. The highest BCUT2D eigenvalue weighted by atomic mass is 32.1. The number of esters is 1. The Hall–Kier alpha value is -1.88. The average molecular weight is 248 g/mol. The molecular weight excluding hydrogens is 236 g/mol. The SMILES string of the molecule is COC(=O)C(Nc1ccccc1)c1cncs1. The van der Waals surface area contributed by atoms with Gasteiger partial charge in [-0.3, -0.25) is 4.98 Å². The maximum absolute atomic E-state index is 11.7. The van der Waals surface area contributed by atoms with Gasteiger partial charge in [-0.1, -0.05) is 18.2 Å². The quantitative estimate of drug-likeness (QED) is 0.844. The van der Waals surface area contributed by atoms with Crippen LogP contribution in [0.15, 0.2) is 42.0 Å². The molecule has 88 valence electrons. The highest BCUT2D eigenvalue weighted by Crippen LogP contribution is 2.23. The molecule has 0 saturated carbocycles. The van der Waals surface area contributed by atoms with E-state index in [0.717, 1.165) is 10.6 Å². The van der Waals surface area contributed by atoms with Gasteiger partial charge in [0.15, 0.2) is 6.04 Å². The van der Waals surface area contributed by atoms with Crippen molar-refractivity contribution < 1.29 is 9.53 Å². The first-order valence-corrected chi connectivity index (χ1v) is 5.97. The van der Waals surface area contributed by atoms with Gasteiger partial charge in [-0.05, 0) is 12.1 Å². The van der Waals surface area contributed by atoms with Gasteiger partial charge in [-0.2, -0.15) is 0 Å². The summed E-state index contributed by atoms with van der Waals surface area (Å²) in [6.45, 7) is 0. The molecule has 0 saturated heterocycles. The van der Waals surface area contributed by atoms with Crippen LogP contribution in [0, 0.1) is 0 Å². The molecule has 1 aromatic heterocycles. The molecule has 0 spiro atoms. The number of thiazole rings is 1. The summed E-state index contributed by atoms with van der Waals surface area (Å²) in [5.74, 6) is -0.321. The van der Waals surface area contributed by atoms with Crippen LogP contribution < -0.4 is 5.32 Å². The molecule has 5 heteroatoms. The molecular formula is C12H12N2O2S. The fraction of sp³-hybridized carbons (Fsp3) is 0.167. The van der Waals surface area contributed by atoms with Gasteiger partial charge in [0, 0.05) is 11.9 Å². The Morgan fingerprint density at radius 3 is 2.76 bits per heavy atom. The summed E-state index contributed by atoms with van der Waals surface area (Å²) in [6.07, 6.45) is 1.67. The number of nitrogens with zero attached hydrogens (tertiary/aromatic N) is 1. The summed E-state index contributed by atoms with van der Waals surface area (Å²) < 4.78 is 4.79. The molecule has 0 fully saturated rings. The fourth-order valence-electron chi connectivity index (χ4n) is 1.43. The Morgan fingerprint density at radius 1 is 1.41 bits per heavy atom. The number of aromatic nitrogens is 1. The molecule has 2 rings (SSSR count). The van der Waals surface area contributed by atoms with Crippen molar-refractivity contribution in [2.45, 2.75) is 6.04 Å². The highest BCUT2D eigenvalue weighted by Gasteiger charge is 2.22. The first kappa shape index (κ1) is 11.6. The molecule has 1 atom stereocenters. The lowest BCUT2D eigenvalue weighted by Gasteiger charge is -2.15. The summed E-state index contributed by atoms with van der Waals surface area (Å²) in [5.41, 5.74) is 2.56. The smallest absolute Gasteiger partial charge is 0.333 e. The molecule has 4 nitrogen and oxygen atoms in total. The minimum atomic E-state index is -0.505. The molecule has 0 aliphatic carbocycles. The van der Waals surface area contributed by atoms with Gasteiger partial charge in [0.2, 0.25) is 0 Å².